The first-order valence-corrected chi connectivity index (χ1v) is 6.36. The average molecular weight is 259 g/mol. The molecule has 0 bridgehead atoms. The van der Waals surface area contributed by atoms with Crippen molar-refractivity contribution in [3.8, 4) is 11.8 Å². The third-order valence-electron chi connectivity index (χ3n) is 3.26. The van der Waals surface area contributed by atoms with Crippen LogP contribution in [0.4, 0.5) is 10.5 Å². The molecule has 1 aromatic rings. The number of urea groups is 1. The minimum Gasteiger partial charge on any atom is -0.495 e. The normalized spacial score (nSPS) is 18.5. The predicted molar refractivity (Wildman–Crippen MR) is 72.0 cm³/mol. The number of hydrogen-bond donors (Lipinski definition) is 1. The topological polar surface area (TPSA) is 65.4 Å². The molecule has 1 heterocycles. The van der Waals surface area contributed by atoms with E-state index in [1.807, 2.05) is 12.1 Å². The van der Waals surface area contributed by atoms with Crippen molar-refractivity contribution < 1.29 is 9.53 Å². The maximum Gasteiger partial charge on any atom is 0.323 e. The van der Waals surface area contributed by atoms with Crippen LogP contribution in [-0.2, 0) is 0 Å². The van der Waals surface area contributed by atoms with E-state index in [9.17, 15) is 4.79 Å². The molecule has 1 N–H and O–H groups in total. The molecule has 1 fully saturated rings. The number of nitriles is 1. The van der Waals surface area contributed by atoms with Gasteiger partial charge in [0.15, 0.2) is 0 Å². The molecule has 0 saturated carbocycles. The monoisotopic (exact) mass is 259 g/mol. The summed E-state index contributed by atoms with van der Waals surface area (Å²) in [6.07, 6.45) is 2.68. The summed E-state index contributed by atoms with van der Waals surface area (Å²) in [7, 11) is 1.56. The SMILES string of the molecule is COc1ccccc1NC(=O)N1CCCCC1C#N. The summed E-state index contributed by atoms with van der Waals surface area (Å²) in [6, 6.07) is 8.85. The van der Waals surface area contributed by atoms with Gasteiger partial charge in [0.05, 0.1) is 18.9 Å². The molecule has 1 aromatic carbocycles. The first-order chi connectivity index (χ1) is 9.26. The number of anilines is 1. The van der Waals surface area contributed by atoms with E-state index in [-0.39, 0.29) is 12.1 Å². The van der Waals surface area contributed by atoms with Gasteiger partial charge in [-0.3, -0.25) is 0 Å². The lowest BCUT2D eigenvalue weighted by Crippen LogP contribution is -2.45. The lowest BCUT2D eigenvalue weighted by molar-refractivity contribution is 0.182. The summed E-state index contributed by atoms with van der Waals surface area (Å²) in [5, 5.41) is 11.9. The molecule has 0 aromatic heterocycles. The van der Waals surface area contributed by atoms with Gasteiger partial charge in [-0.1, -0.05) is 12.1 Å². The highest BCUT2D eigenvalue weighted by Gasteiger charge is 2.26. The van der Waals surface area contributed by atoms with E-state index in [1.165, 1.54) is 0 Å². The number of nitrogens with one attached hydrogen (secondary N) is 1. The number of carbonyl (C=O) groups excluding carboxylic acids is 1. The molecule has 1 saturated heterocycles. The summed E-state index contributed by atoms with van der Waals surface area (Å²) in [5.41, 5.74) is 0.622. The Balaban J connectivity index is 2.10. The first kappa shape index (κ1) is 13.2. The van der Waals surface area contributed by atoms with E-state index in [2.05, 4.69) is 11.4 Å². The molecule has 5 nitrogen and oxygen atoms in total. The van der Waals surface area contributed by atoms with Crippen LogP contribution in [0, 0.1) is 11.3 Å². The Labute approximate surface area is 112 Å². The lowest BCUT2D eigenvalue weighted by Gasteiger charge is -2.31. The van der Waals surface area contributed by atoms with Crippen molar-refractivity contribution in [3.63, 3.8) is 0 Å². The Morgan fingerprint density at radius 2 is 2.26 bits per heavy atom. The minimum atomic E-state index is -0.330. The van der Waals surface area contributed by atoms with Gasteiger partial charge in [-0.2, -0.15) is 5.26 Å². The fourth-order valence-electron chi connectivity index (χ4n) is 2.24. The van der Waals surface area contributed by atoms with Crippen LogP contribution in [0.5, 0.6) is 5.75 Å². The van der Waals surface area contributed by atoms with E-state index in [0.29, 0.717) is 18.0 Å². The summed E-state index contributed by atoms with van der Waals surface area (Å²) >= 11 is 0. The van der Waals surface area contributed by atoms with Gasteiger partial charge in [0.1, 0.15) is 11.8 Å². The van der Waals surface area contributed by atoms with Crippen LogP contribution in [0.2, 0.25) is 0 Å². The molecule has 19 heavy (non-hydrogen) atoms. The second-order valence-corrected chi connectivity index (χ2v) is 4.46. The van der Waals surface area contributed by atoms with Gasteiger partial charge >= 0.3 is 6.03 Å². The highest BCUT2D eigenvalue weighted by Crippen LogP contribution is 2.24. The van der Waals surface area contributed by atoms with Crippen LogP contribution in [-0.4, -0.2) is 30.6 Å². The van der Waals surface area contributed by atoms with Gasteiger partial charge in [0.2, 0.25) is 0 Å². The highest BCUT2D eigenvalue weighted by atomic mass is 16.5. The number of likely N-dealkylation sites (tertiary alicyclic amines) is 1. The Morgan fingerprint density at radius 3 is 3.00 bits per heavy atom. The second-order valence-electron chi connectivity index (χ2n) is 4.46. The Morgan fingerprint density at radius 1 is 1.47 bits per heavy atom. The van der Waals surface area contributed by atoms with Crippen LogP contribution in [0.3, 0.4) is 0 Å². The van der Waals surface area contributed by atoms with Crippen molar-refractivity contribution >= 4 is 11.7 Å². The van der Waals surface area contributed by atoms with E-state index >= 15 is 0 Å². The standard InChI is InChI=1S/C14H17N3O2/c1-19-13-8-3-2-7-12(13)16-14(18)17-9-5-4-6-11(17)10-15/h2-3,7-8,11H,4-6,9H2,1H3,(H,16,18). The number of piperidine rings is 1. The number of nitrogens with zero attached hydrogens (tertiary/aromatic N) is 2. The van der Waals surface area contributed by atoms with Crippen LogP contribution in [0.25, 0.3) is 0 Å². The van der Waals surface area contributed by atoms with Gasteiger partial charge in [0.25, 0.3) is 0 Å². The number of benzene rings is 1. The second kappa shape index (κ2) is 6.10. The molecule has 1 unspecified atom stereocenters. The summed E-state index contributed by atoms with van der Waals surface area (Å²) in [5.74, 6) is 0.612. The zero-order valence-electron chi connectivity index (χ0n) is 10.9. The first-order valence-electron chi connectivity index (χ1n) is 6.36. The number of hydrogen-bond acceptors (Lipinski definition) is 3. The molecule has 1 aliphatic rings. The Bertz CT molecular complexity index is 496. The molecule has 100 valence electrons. The lowest BCUT2D eigenvalue weighted by atomic mass is 10.0. The zero-order chi connectivity index (χ0) is 13.7. The maximum atomic E-state index is 12.2. The molecule has 2 amide bonds. The van der Waals surface area contributed by atoms with Crippen LogP contribution in [0.15, 0.2) is 24.3 Å². The van der Waals surface area contributed by atoms with Crippen LogP contribution in [0.1, 0.15) is 19.3 Å². The van der Waals surface area contributed by atoms with E-state index in [4.69, 9.17) is 10.00 Å². The van der Waals surface area contributed by atoms with Gasteiger partial charge in [-0.15, -0.1) is 0 Å². The molecule has 5 heteroatoms. The molecule has 1 atom stereocenters. The fraction of sp³-hybridized carbons (Fsp3) is 0.429. The molecular formula is C14H17N3O2. The van der Waals surface area contributed by atoms with Crippen molar-refractivity contribution in [1.82, 2.24) is 4.90 Å². The number of carbonyl (C=O) groups is 1. The number of amides is 2. The van der Waals surface area contributed by atoms with Crippen molar-refractivity contribution in [2.24, 2.45) is 0 Å². The minimum absolute atomic E-state index is 0.240. The van der Waals surface area contributed by atoms with E-state index in [1.54, 1.807) is 24.1 Å². The Kier molecular flexibility index (Phi) is 4.24. The van der Waals surface area contributed by atoms with Crippen LogP contribution < -0.4 is 10.1 Å². The molecular weight excluding hydrogens is 242 g/mol. The molecule has 2 rings (SSSR count). The quantitative estimate of drug-likeness (QED) is 0.887. The molecule has 0 aliphatic carbocycles. The largest absolute Gasteiger partial charge is 0.495 e. The number of rotatable bonds is 2. The van der Waals surface area contributed by atoms with Crippen LogP contribution >= 0.6 is 0 Å². The summed E-state index contributed by atoms with van der Waals surface area (Å²) < 4.78 is 5.19. The summed E-state index contributed by atoms with van der Waals surface area (Å²) in [4.78, 5) is 13.8. The zero-order valence-corrected chi connectivity index (χ0v) is 10.9. The predicted octanol–water partition coefficient (Wildman–Crippen LogP) is 2.61. The van der Waals surface area contributed by atoms with Crippen molar-refractivity contribution in [2.75, 3.05) is 19.0 Å². The Hall–Kier alpha value is -2.22. The fourth-order valence-corrected chi connectivity index (χ4v) is 2.24. The number of para-hydroxylation sites is 2. The van der Waals surface area contributed by atoms with Crippen molar-refractivity contribution in [1.29, 1.82) is 5.26 Å². The van der Waals surface area contributed by atoms with Gasteiger partial charge in [0, 0.05) is 6.54 Å². The van der Waals surface area contributed by atoms with Crippen molar-refractivity contribution in [3.05, 3.63) is 24.3 Å². The molecule has 0 radical (unpaired) electrons. The molecule has 1 aliphatic heterocycles. The van der Waals surface area contributed by atoms with Gasteiger partial charge in [-0.05, 0) is 31.4 Å². The van der Waals surface area contributed by atoms with Gasteiger partial charge < -0.3 is 15.0 Å². The smallest absolute Gasteiger partial charge is 0.323 e. The third-order valence-corrected chi connectivity index (χ3v) is 3.26. The summed E-state index contributed by atoms with van der Waals surface area (Å²) in [6.45, 7) is 0.624. The highest BCUT2D eigenvalue weighted by molar-refractivity contribution is 5.91. The van der Waals surface area contributed by atoms with E-state index < -0.39 is 0 Å². The maximum absolute atomic E-state index is 12.2. The number of methoxy groups -OCH3 is 1. The van der Waals surface area contributed by atoms with Crippen molar-refractivity contribution in [2.45, 2.75) is 25.3 Å². The van der Waals surface area contributed by atoms with Gasteiger partial charge in [-0.25, -0.2) is 4.79 Å². The number of ether oxygens (including phenoxy) is 1. The third kappa shape index (κ3) is 2.97. The molecule has 0 spiro atoms. The average Bonchev–Trinajstić information content (AvgIpc) is 2.47. The van der Waals surface area contributed by atoms with E-state index in [0.717, 1.165) is 19.3 Å².